The molecule has 1 amide bonds. The highest BCUT2D eigenvalue weighted by Crippen LogP contribution is 2.44. The third kappa shape index (κ3) is 4.08. The van der Waals surface area contributed by atoms with Crippen molar-refractivity contribution in [2.75, 3.05) is 12.1 Å². The topological polar surface area (TPSA) is 70.8 Å². The molecule has 1 aliphatic rings. The number of cyclic esters (lactones) is 1. The molecule has 7 nitrogen and oxygen atoms in total. The van der Waals surface area contributed by atoms with Crippen molar-refractivity contribution in [3.8, 4) is 17.1 Å². The highest BCUT2D eigenvalue weighted by Gasteiger charge is 2.43. The summed E-state index contributed by atoms with van der Waals surface area (Å²) in [5.41, 5.74) is -3.33. The molecule has 1 atom stereocenters. The Balaban J connectivity index is 1.87. The van der Waals surface area contributed by atoms with Gasteiger partial charge in [0.15, 0.2) is 0 Å². The number of halogens is 6. The molecule has 3 aromatic rings. The van der Waals surface area contributed by atoms with E-state index in [1.54, 1.807) is 17.8 Å². The van der Waals surface area contributed by atoms with Crippen LogP contribution in [0.3, 0.4) is 0 Å². The molecule has 4 rings (SSSR count). The van der Waals surface area contributed by atoms with Crippen molar-refractivity contribution >= 4 is 11.8 Å². The molecule has 1 unspecified atom stereocenters. The number of benzene rings is 2. The number of phenolic OH excluding ortho intramolecular Hbond substituents is 1. The minimum atomic E-state index is -5.09. The monoisotopic (exact) mass is 486 g/mol. The molecular weight excluding hydrogens is 470 g/mol. The SMILES string of the molecule is CN1C(=O)OC(c2cc(C(F)(F)F)cc(C(F)(F)F)c2)N1c1cc(-c2nccn2C)ccc1O. The van der Waals surface area contributed by atoms with Gasteiger partial charge in [-0.2, -0.15) is 26.3 Å². The maximum Gasteiger partial charge on any atom is 0.430 e. The zero-order valence-electron chi connectivity index (χ0n) is 17.5. The number of amides is 1. The maximum atomic E-state index is 13.4. The lowest BCUT2D eigenvalue weighted by atomic mass is 10.0. The quantitative estimate of drug-likeness (QED) is 0.507. The number of aromatic nitrogens is 2. The summed E-state index contributed by atoms with van der Waals surface area (Å²) in [6.07, 6.45) is -9.77. The van der Waals surface area contributed by atoms with Gasteiger partial charge in [0.05, 0.1) is 11.1 Å². The fraction of sp³-hybridized carbons (Fsp3) is 0.238. The number of hydrazine groups is 1. The van der Waals surface area contributed by atoms with E-state index in [1.807, 2.05) is 0 Å². The molecule has 1 aliphatic heterocycles. The molecule has 0 aliphatic carbocycles. The van der Waals surface area contributed by atoms with Gasteiger partial charge in [0.25, 0.3) is 0 Å². The second-order valence-electron chi connectivity index (χ2n) is 7.51. The van der Waals surface area contributed by atoms with Crippen molar-refractivity contribution in [3.05, 3.63) is 65.5 Å². The van der Waals surface area contributed by atoms with E-state index in [9.17, 15) is 36.2 Å². The third-order valence-electron chi connectivity index (χ3n) is 5.22. The molecule has 13 heteroatoms. The molecule has 180 valence electrons. The average Bonchev–Trinajstić information content (AvgIpc) is 3.30. The number of rotatable bonds is 3. The standard InChI is InChI=1S/C21H16F6N4O3/c1-29-6-5-28-17(29)11-3-4-16(32)15(9-11)31-18(34-19(33)30(31)2)12-7-13(20(22,23)24)10-14(8-12)21(25,26)27/h3-10,18,32H,1-2H3. The maximum absolute atomic E-state index is 13.4. The summed E-state index contributed by atoms with van der Waals surface area (Å²) in [6, 6.07) is 5.09. The van der Waals surface area contributed by atoms with E-state index < -0.39 is 47.1 Å². The molecule has 0 saturated carbocycles. The number of nitrogens with zero attached hydrogens (tertiary/aromatic N) is 4. The van der Waals surface area contributed by atoms with Crippen LogP contribution < -0.4 is 5.01 Å². The molecule has 34 heavy (non-hydrogen) atoms. The zero-order chi connectivity index (χ0) is 25.0. The van der Waals surface area contributed by atoms with Gasteiger partial charge in [0, 0.05) is 37.6 Å². The van der Waals surface area contributed by atoms with E-state index in [2.05, 4.69) is 4.98 Å². The molecule has 1 saturated heterocycles. The molecule has 1 N–H and O–H groups in total. The molecule has 0 radical (unpaired) electrons. The van der Waals surface area contributed by atoms with Gasteiger partial charge in [0.2, 0.25) is 6.23 Å². The van der Waals surface area contributed by atoms with E-state index in [1.165, 1.54) is 31.4 Å². The summed E-state index contributed by atoms with van der Waals surface area (Å²) in [6.45, 7) is 0. The molecule has 0 spiro atoms. The number of aryl methyl sites for hydroxylation is 1. The van der Waals surface area contributed by atoms with Gasteiger partial charge in [-0.05, 0) is 36.4 Å². The Bertz CT molecular complexity index is 1220. The van der Waals surface area contributed by atoms with Crippen LogP contribution in [0.25, 0.3) is 11.4 Å². The number of ether oxygens (including phenoxy) is 1. The minimum Gasteiger partial charge on any atom is -0.506 e. The van der Waals surface area contributed by atoms with Gasteiger partial charge >= 0.3 is 18.4 Å². The number of imidazole rings is 1. The number of anilines is 1. The van der Waals surface area contributed by atoms with Crippen LogP contribution in [0.5, 0.6) is 5.75 Å². The second kappa shape index (κ2) is 7.85. The van der Waals surface area contributed by atoms with Crippen molar-refractivity contribution in [3.63, 3.8) is 0 Å². The average molecular weight is 486 g/mol. The van der Waals surface area contributed by atoms with E-state index in [4.69, 9.17) is 4.74 Å². The zero-order valence-corrected chi connectivity index (χ0v) is 17.5. The van der Waals surface area contributed by atoms with Crippen LogP contribution >= 0.6 is 0 Å². The second-order valence-corrected chi connectivity index (χ2v) is 7.51. The number of aromatic hydroxyl groups is 1. The van der Waals surface area contributed by atoms with Crippen molar-refractivity contribution in [1.29, 1.82) is 0 Å². The lowest BCUT2D eigenvalue weighted by Crippen LogP contribution is -2.36. The van der Waals surface area contributed by atoms with Gasteiger partial charge in [0.1, 0.15) is 17.3 Å². The lowest BCUT2D eigenvalue weighted by Gasteiger charge is -2.29. The summed E-state index contributed by atoms with van der Waals surface area (Å²) in [5.74, 6) is 0.0708. The Kier molecular flexibility index (Phi) is 5.37. The summed E-state index contributed by atoms with van der Waals surface area (Å²) >= 11 is 0. The fourth-order valence-electron chi connectivity index (χ4n) is 3.58. The first-order valence-corrected chi connectivity index (χ1v) is 9.61. The normalized spacial score (nSPS) is 16.8. The number of hydrogen-bond acceptors (Lipinski definition) is 5. The first-order chi connectivity index (χ1) is 15.8. The van der Waals surface area contributed by atoms with Gasteiger partial charge in [-0.3, -0.25) is 0 Å². The molecule has 0 bridgehead atoms. The Labute approximate surface area is 188 Å². The van der Waals surface area contributed by atoms with Crippen molar-refractivity contribution in [2.45, 2.75) is 18.6 Å². The minimum absolute atomic E-state index is 0.0203. The number of phenols is 1. The number of alkyl halides is 6. The predicted octanol–water partition coefficient (Wildman–Crippen LogP) is 5.33. The van der Waals surface area contributed by atoms with Crippen LogP contribution in [0.1, 0.15) is 22.9 Å². The van der Waals surface area contributed by atoms with Crippen molar-refractivity contribution < 1.29 is 41.0 Å². The smallest absolute Gasteiger partial charge is 0.430 e. The molecular formula is C21H16F6N4O3. The fourth-order valence-corrected chi connectivity index (χ4v) is 3.58. The predicted molar refractivity (Wildman–Crippen MR) is 106 cm³/mol. The van der Waals surface area contributed by atoms with Crippen LogP contribution in [-0.2, 0) is 24.1 Å². The summed E-state index contributed by atoms with van der Waals surface area (Å²) < 4.78 is 86.9. The van der Waals surface area contributed by atoms with E-state index in [0.717, 1.165) is 10.0 Å². The van der Waals surface area contributed by atoms with Crippen LogP contribution in [-0.4, -0.2) is 32.8 Å². The number of carbonyl (C=O) groups excluding carboxylic acids is 1. The molecule has 1 aromatic heterocycles. The Morgan fingerprint density at radius 1 is 0.971 bits per heavy atom. The largest absolute Gasteiger partial charge is 0.506 e. The van der Waals surface area contributed by atoms with Gasteiger partial charge in [-0.15, -0.1) is 0 Å². The Morgan fingerprint density at radius 2 is 1.59 bits per heavy atom. The van der Waals surface area contributed by atoms with E-state index >= 15 is 0 Å². The van der Waals surface area contributed by atoms with E-state index in [-0.39, 0.29) is 11.8 Å². The van der Waals surface area contributed by atoms with Crippen LogP contribution in [0, 0.1) is 0 Å². The van der Waals surface area contributed by atoms with Crippen LogP contribution in [0.2, 0.25) is 0 Å². The van der Waals surface area contributed by atoms with Gasteiger partial charge in [-0.25, -0.2) is 19.8 Å². The molecule has 2 heterocycles. The van der Waals surface area contributed by atoms with Gasteiger partial charge in [-0.1, -0.05) is 0 Å². The lowest BCUT2D eigenvalue weighted by molar-refractivity contribution is -0.143. The summed E-state index contributed by atoms with van der Waals surface area (Å²) in [5, 5.41) is 12.3. The summed E-state index contributed by atoms with van der Waals surface area (Å²) in [7, 11) is 2.90. The third-order valence-corrected chi connectivity index (χ3v) is 5.22. The highest BCUT2D eigenvalue weighted by atomic mass is 19.4. The first-order valence-electron chi connectivity index (χ1n) is 9.61. The van der Waals surface area contributed by atoms with Crippen LogP contribution in [0.15, 0.2) is 48.8 Å². The number of hydrogen-bond donors (Lipinski definition) is 1. The van der Waals surface area contributed by atoms with Crippen LogP contribution in [0.4, 0.5) is 36.8 Å². The number of carbonyl (C=O) groups is 1. The van der Waals surface area contributed by atoms with Gasteiger partial charge < -0.3 is 14.4 Å². The summed E-state index contributed by atoms with van der Waals surface area (Å²) in [4.78, 5) is 16.5. The molecule has 1 fully saturated rings. The molecule has 2 aromatic carbocycles. The van der Waals surface area contributed by atoms with Crippen molar-refractivity contribution in [1.82, 2.24) is 14.6 Å². The first kappa shape index (κ1) is 23.3. The highest BCUT2D eigenvalue weighted by molar-refractivity contribution is 5.78. The Hall–Kier alpha value is -3.90. The Morgan fingerprint density at radius 3 is 2.12 bits per heavy atom. The van der Waals surface area contributed by atoms with E-state index in [0.29, 0.717) is 23.5 Å². The van der Waals surface area contributed by atoms with Crippen molar-refractivity contribution in [2.24, 2.45) is 7.05 Å².